The maximum atomic E-state index is 13.4. The van der Waals surface area contributed by atoms with E-state index in [1.54, 1.807) is 18.3 Å². The summed E-state index contributed by atoms with van der Waals surface area (Å²) >= 11 is 0. The van der Waals surface area contributed by atoms with E-state index in [9.17, 15) is 4.39 Å². The number of rotatable bonds is 5. The molecule has 0 saturated carbocycles. The molecule has 9 heteroatoms. The summed E-state index contributed by atoms with van der Waals surface area (Å²) in [6, 6.07) is 8.61. The Bertz CT molecular complexity index is 1270. The Labute approximate surface area is 204 Å². The Morgan fingerprint density at radius 1 is 1.15 bits per heavy atom. The lowest BCUT2D eigenvalue weighted by Gasteiger charge is -2.35. The first-order valence-electron chi connectivity index (χ1n) is 11.3. The van der Waals surface area contributed by atoms with Gasteiger partial charge in [0.05, 0.1) is 16.8 Å². The van der Waals surface area contributed by atoms with Crippen LogP contribution in [-0.4, -0.2) is 45.6 Å². The fourth-order valence-corrected chi connectivity index (χ4v) is 4.35. The van der Waals surface area contributed by atoms with Crippen molar-refractivity contribution in [3.05, 3.63) is 60.3 Å². The van der Waals surface area contributed by atoms with Gasteiger partial charge in [0.15, 0.2) is 5.82 Å². The number of fused-ring (bicyclic) bond motifs is 1. The second-order valence-electron chi connectivity index (χ2n) is 8.79. The van der Waals surface area contributed by atoms with Crippen LogP contribution >= 0.6 is 12.4 Å². The molecule has 0 radical (unpaired) electrons. The number of halogens is 2. The zero-order valence-electron chi connectivity index (χ0n) is 19.5. The smallest absolute Gasteiger partial charge is 0.161 e. The molecule has 34 heavy (non-hydrogen) atoms. The van der Waals surface area contributed by atoms with E-state index in [-0.39, 0.29) is 24.1 Å². The van der Waals surface area contributed by atoms with Crippen LogP contribution in [0.3, 0.4) is 0 Å². The first-order chi connectivity index (χ1) is 16.0. The van der Waals surface area contributed by atoms with Gasteiger partial charge in [0.1, 0.15) is 17.3 Å². The number of hydrogen-bond acceptors (Lipinski definition) is 6. The summed E-state index contributed by atoms with van der Waals surface area (Å²) in [4.78, 5) is 19.7. The van der Waals surface area contributed by atoms with Crippen molar-refractivity contribution in [1.29, 1.82) is 0 Å². The van der Waals surface area contributed by atoms with Gasteiger partial charge in [-0.15, -0.1) is 12.4 Å². The third-order valence-corrected chi connectivity index (χ3v) is 6.16. The summed E-state index contributed by atoms with van der Waals surface area (Å²) in [7, 11) is 0. The number of aromatic nitrogens is 4. The molecule has 4 aromatic rings. The molecule has 1 aromatic carbocycles. The van der Waals surface area contributed by atoms with E-state index >= 15 is 0 Å². The van der Waals surface area contributed by atoms with E-state index in [4.69, 9.17) is 4.98 Å². The van der Waals surface area contributed by atoms with E-state index in [1.807, 2.05) is 18.5 Å². The van der Waals surface area contributed by atoms with Crippen molar-refractivity contribution < 1.29 is 4.39 Å². The highest BCUT2D eigenvalue weighted by Gasteiger charge is 2.23. The largest absolute Gasteiger partial charge is 0.364 e. The van der Waals surface area contributed by atoms with Crippen molar-refractivity contribution in [3.63, 3.8) is 0 Å². The van der Waals surface area contributed by atoms with Crippen LogP contribution in [0.1, 0.15) is 32.3 Å². The second-order valence-corrected chi connectivity index (χ2v) is 8.79. The molecule has 1 fully saturated rings. The molecule has 7 nitrogen and oxygen atoms in total. The number of anilines is 3. The molecular formula is C25H29ClFN7. The lowest BCUT2D eigenvalue weighted by atomic mass is 10.1. The van der Waals surface area contributed by atoms with Gasteiger partial charge in [-0.1, -0.05) is 13.8 Å². The third kappa shape index (κ3) is 4.56. The van der Waals surface area contributed by atoms with E-state index in [0.717, 1.165) is 59.0 Å². The molecule has 0 bridgehead atoms. The van der Waals surface area contributed by atoms with Crippen molar-refractivity contribution in [2.24, 2.45) is 0 Å². The summed E-state index contributed by atoms with van der Waals surface area (Å²) in [6.07, 6.45) is 5.69. The van der Waals surface area contributed by atoms with Crippen LogP contribution in [0.15, 0.2) is 48.9 Å². The molecular weight excluding hydrogens is 453 g/mol. The number of nitrogens with one attached hydrogen (secondary N) is 3. The molecule has 178 valence electrons. The number of piperazine rings is 1. The molecule has 1 aliphatic rings. The summed E-state index contributed by atoms with van der Waals surface area (Å²) < 4.78 is 13.4. The molecule has 4 heterocycles. The summed E-state index contributed by atoms with van der Waals surface area (Å²) in [5.74, 6) is 1.24. The quantitative estimate of drug-likeness (QED) is 0.361. The van der Waals surface area contributed by atoms with Gasteiger partial charge >= 0.3 is 0 Å². The Kier molecular flexibility index (Phi) is 7.00. The van der Waals surface area contributed by atoms with Gasteiger partial charge in [0.2, 0.25) is 0 Å². The van der Waals surface area contributed by atoms with Gasteiger partial charge in [-0.25, -0.2) is 19.3 Å². The van der Waals surface area contributed by atoms with E-state index in [0.29, 0.717) is 11.9 Å². The van der Waals surface area contributed by atoms with Crippen molar-refractivity contribution in [2.75, 3.05) is 29.9 Å². The maximum Gasteiger partial charge on any atom is 0.161 e. The maximum absolute atomic E-state index is 13.4. The number of benzene rings is 1. The fourth-order valence-electron chi connectivity index (χ4n) is 4.35. The lowest BCUT2D eigenvalue weighted by Crippen LogP contribution is -2.49. The minimum Gasteiger partial charge on any atom is -0.364 e. The Morgan fingerprint density at radius 3 is 2.68 bits per heavy atom. The summed E-state index contributed by atoms with van der Waals surface area (Å²) in [5, 5.41) is 8.07. The molecule has 1 aliphatic heterocycles. The van der Waals surface area contributed by atoms with Crippen molar-refractivity contribution in [2.45, 2.75) is 32.7 Å². The molecule has 3 N–H and O–H groups in total. The Balaban J connectivity index is 0.00000274. The number of nitrogens with zero attached hydrogens (tertiary/aromatic N) is 4. The van der Waals surface area contributed by atoms with Gasteiger partial charge in [-0.2, -0.15) is 0 Å². The van der Waals surface area contributed by atoms with E-state index < -0.39 is 0 Å². The van der Waals surface area contributed by atoms with Crippen LogP contribution in [0.4, 0.5) is 21.6 Å². The van der Waals surface area contributed by atoms with Gasteiger partial charge in [0.25, 0.3) is 0 Å². The van der Waals surface area contributed by atoms with Crippen LogP contribution in [-0.2, 0) is 0 Å². The van der Waals surface area contributed by atoms with Crippen LogP contribution in [0, 0.1) is 5.82 Å². The van der Waals surface area contributed by atoms with E-state index in [1.165, 1.54) is 12.1 Å². The van der Waals surface area contributed by atoms with Crippen LogP contribution in [0.2, 0.25) is 0 Å². The van der Waals surface area contributed by atoms with Gasteiger partial charge in [0, 0.05) is 55.4 Å². The molecule has 0 spiro atoms. The van der Waals surface area contributed by atoms with Gasteiger partial charge in [-0.05, 0) is 43.2 Å². The topological polar surface area (TPSA) is 81.8 Å². The van der Waals surface area contributed by atoms with Crippen LogP contribution in [0.25, 0.3) is 22.4 Å². The molecule has 5 rings (SSSR count). The normalized spacial score (nSPS) is 16.0. The number of pyridine rings is 1. The zero-order chi connectivity index (χ0) is 22.9. The monoisotopic (exact) mass is 481 g/mol. The highest BCUT2D eigenvalue weighted by Crippen LogP contribution is 2.36. The summed E-state index contributed by atoms with van der Waals surface area (Å²) in [5.41, 5.74) is 4.69. The predicted molar refractivity (Wildman–Crippen MR) is 138 cm³/mol. The second kappa shape index (κ2) is 9.95. The highest BCUT2D eigenvalue weighted by molar-refractivity contribution is 6.01. The Hall–Kier alpha value is -3.23. The summed E-state index contributed by atoms with van der Waals surface area (Å²) in [6.45, 7) is 9.29. The zero-order valence-corrected chi connectivity index (χ0v) is 20.3. The number of aromatic amines is 1. The van der Waals surface area contributed by atoms with Crippen molar-refractivity contribution in [3.8, 4) is 11.4 Å². The van der Waals surface area contributed by atoms with Gasteiger partial charge in [-0.3, -0.25) is 0 Å². The molecule has 0 amide bonds. The predicted octanol–water partition coefficient (Wildman–Crippen LogP) is 5.25. The lowest BCUT2D eigenvalue weighted by molar-refractivity contribution is 0.502. The van der Waals surface area contributed by atoms with Crippen LogP contribution in [0.5, 0.6) is 0 Å². The van der Waals surface area contributed by atoms with Crippen molar-refractivity contribution in [1.82, 2.24) is 25.3 Å². The average Bonchev–Trinajstić information content (AvgIpc) is 3.25. The van der Waals surface area contributed by atoms with Crippen molar-refractivity contribution >= 4 is 40.6 Å². The SMILES string of the molecule is CC(C)c1cnc(-c2ccc(F)cc2)nc1Nc1ccnc2[nH]cc(N3CCNCC3C)c12.Cl. The molecule has 3 aromatic heterocycles. The minimum atomic E-state index is -0.280. The third-order valence-electron chi connectivity index (χ3n) is 6.16. The Morgan fingerprint density at radius 2 is 1.94 bits per heavy atom. The molecule has 0 aliphatic carbocycles. The van der Waals surface area contributed by atoms with Gasteiger partial charge < -0.3 is 20.5 Å². The van der Waals surface area contributed by atoms with E-state index in [2.05, 4.69) is 51.3 Å². The minimum absolute atomic E-state index is 0. The fraction of sp³-hybridized carbons (Fsp3) is 0.320. The number of H-pyrrole nitrogens is 1. The number of hydrogen-bond donors (Lipinski definition) is 3. The highest BCUT2D eigenvalue weighted by atomic mass is 35.5. The molecule has 1 atom stereocenters. The first kappa shape index (κ1) is 23.9. The molecule has 1 saturated heterocycles. The average molecular weight is 482 g/mol. The standard InChI is InChI=1S/C25H28FN7.ClH/c1-15(2)19-13-29-23(17-4-6-18(26)7-5-17)32-24(19)31-20-8-9-28-25-22(20)21(14-30-25)33-11-10-27-12-16(33)3;/h4-9,13-16,27H,10-12H2,1-3H3,(H2,28,29,30,31,32);1H. The first-order valence-corrected chi connectivity index (χ1v) is 11.3. The van der Waals surface area contributed by atoms with Crippen LogP contribution < -0.4 is 15.5 Å². The molecule has 1 unspecified atom stereocenters.